The molecule has 1 aliphatic heterocycles. The first-order chi connectivity index (χ1) is 7.38. The molecule has 5 nitrogen and oxygen atoms in total. The molecule has 1 fully saturated rings. The highest BCUT2D eigenvalue weighted by Crippen LogP contribution is 2.36. The van der Waals surface area contributed by atoms with E-state index < -0.39 is 0 Å². The summed E-state index contributed by atoms with van der Waals surface area (Å²) in [6.07, 6.45) is 7.08. The summed E-state index contributed by atoms with van der Waals surface area (Å²) in [7, 11) is 0. The van der Waals surface area contributed by atoms with Crippen molar-refractivity contribution in [1.29, 1.82) is 0 Å². The Morgan fingerprint density at radius 2 is 2.40 bits per heavy atom. The number of rotatable bonds is 3. The van der Waals surface area contributed by atoms with Crippen LogP contribution in [0.1, 0.15) is 31.0 Å². The second kappa shape index (κ2) is 3.34. The Morgan fingerprint density at radius 1 is 1.53 bits per heavy atom. The van der Waals surface area contributed by atoms with Crippen LogP contribution in [0.25, 0.3) is 0 Å². The van der Waals surface area contributed by atoms with E-state index in [1.807, 2.05) is 12.5 Å². The predicted octanol–water partition coefficient (Wildman–Crippen LogP) is 0.670. The third kappa shape index (κ3) is 1.52. The molecule has 1 aromatic rings. The van der Waals surface area contributed by atoms with Gasteiger partial charge in [0.25, 0.3) is 0 Å². The van der Waals surface area contributed by atoms with Gasteiger partial charge in [-0.15, -0.1) is 0 Å². The first-order valence-corrected chi connectivity index (χ1v) is 5.33. The summed E-state index contributed by atoms with van der Waals surface area (Å²) < 4.78 is 2.20. The quantitative estimate of drug-likeness (QED) is 0.790. The summed E-state index contributed by atoms with van der Waals surface area (Å²) >= 11 is 0. The molecular weight excluding hydrogens is 192 g/mol. The molecule has 2 N–H and O–H groups in total. The molecule has 2 heterocycles. The standard InChI is InChI=1S/C10H14N4O/c11-4-8-3-9(13-15-8)10-5-12-6-14(10)7-1-2-7/h5-8H,1-4,11H2. The molecule has 1 aromatic heterocycles. The Morgan fingerprint density at radius 3 is 3.07 bits per heavy atom. The second-order valence-corrected chi connectivity index (χ2v) is 4.12. The minimum atomic E-state index is 0.0440. The number of nitrogens with two attached hydrogens (primary N) is 1. The van der Waals surface area contributed by atoms with E-state index in [-0.39, 0.29) is 6.10 Å². The lowest BCUT2D eigenvalue weighted by Gasteiger charge is -2.05. The molecule has 1 atom stereocenters. The van der Waals surface area contributed by atoms with E-state index in [9.17, 15) is 0 Å². The van der Waals surface area contributed by atoms with Crippen LogP contribution in [0.3, 0.4) is 0 Å². The zero-order valence-electron chi connectivity index (χ0n) is 8.47. The smallest absolute Gasteiger partial charge is 0.145 e. The van der Waals surface area contributed by atoms with Crippen LogP contribution >= 0.6 is 0 Å². The van der Waals surface area contributed by atoms with E-state index >= 15 is 0 Å². The Hall–Kier alpha value is -1.36. The molecule has 0 saturated heterocycles. The van der Waals surface area contributed by atoms with Gasteiger partial charge in [0.1, 0.15) is 11.8 Å². The van der Waals surface area contributed by atoms with Crippen LogP contribution in [-0.4, -0.2) is 27.9 Å². The molecule has 3 rings (SSSR count). The van der Waals surface area contributed by atoms with Crippen molar-refractivity contribution in [3.8, 4) is 0 Å². The average molecular weight is 206 g/mol. The van der Waals surface area contributed by atoms with Gasteiger partial charge in [0.05, 0.1) is 18.2 Å². The molecule has 1 saturated carbocycles. The second-order valence-electron chi connectivity index (χ2n) is 4.12. The van der Waals surface area contributed by atoms with Crippen LogP contribution in [0, 0.1) is 0 Å². The van der Waals surface area contributed by atoms with Crippen LogP contribution in [0.4, 0.5) is 0 Å². The Labute approximate surface area is 87.9 Å². The van der Waals surface area contributed by atoms with Crippen molar-refractivity contribution in [2.24, 2.45) is 10.9 Å². The minimum Gasteiger partial charge on any atom is -0.390 e. The van der Waals surface area contributed by atoms with Crippen LogP contribution in [-0.2, 0) is 4.84 Å². The number of imidazole rings is 1. The fourth-order valence-corrected chi connectivity index (χ4v) is 1.88. The van der Waals surface area contributed by atoms with Gasteiger partial charge in [0.15, 0.2) is 0 Å². The minimum absolute atomic E-state index is 0.0440. The first kappa shape index (κ1) is 8.91. The van der Waals surface area contributed by atoms with Crippen LogP contribution in [0.5, 0.6) is 0 Å². The van der Waals surface area contributed by atoms with Crippen LogP contribution in [0.15, 0.2) is 17.7 Å². The Kier molecular flexibility index (Phi) is 1.98. The monoisotopic (exact) mass is 206 g/mol. The maximum atomic E-state index is 5.54. The van der Waals surface area contributed by atoms with Crippen molar-refractivity contribution in [2.75, 3.05) is 6.54 Å². The van der Waals surface area contributed by atoms with E-state index in [1.165, 1.54) is 12.8 Å². The van der Waals surface area contributed by atoms with E-state index in [0.29, 0.717) is 12.6 Å². The number of hydrogen-bond acceptors (Lipinski definition) is 4. The van der Waals surface area contributed by atoms with Crippen molar-refractivity contribution in [3.63, 3.8) is 0 Å². The zero-order valence-corrected chi connectivity index (χ0v) is 8.47. The summed E-state index contributed by atoms with van der Waals surface area (Å²) in [6.45, 7) is 0.518. The van der Waals surface area contributed by atoms with Crippen molar-refractivity contribution in [2.45, 2.75) is 31.4 Å². The van der Waals surface area contributed by atoms with Gasteiger partial charge in [-0.1, -0.05) is 5.16 Å². The van der Waals surface area contributed by atoms with Crippen molar-refractivity contribution < 1.29 is 4.84 Å². The van der Waals surface area contributed by atoms with Crippen molar-refractivity contribution in [3.05, 3.63) is 18.2 Å². The van der Waals surface area contributed by atoms with Gasteiger partial charge in [-0.25, -0.2) is 4.98 Å². The van der Waals surface area contributed by atoms with Gasteiger partial charge in [-0.3, -0.25) is 0 Å². The van der Waals surface area contributed by atoms with Gasteiger partial charge in [-0.2, -0.15) is 0 Å². The number of hydrogen-bond donors (Lipinski definition) is 1. The van der Waals surface area contributed by atoms with Gasteiger partial charge in [0, 0.05) is 19.0 Å². The van der Waals surface area contributed by atoms with E-state index in [1.54, 1.807) is 0 Å². The highest BCUT2D eigenvalue weighted by molar-refractivity contribution is 5.99. The molecule has 0 aromatic carbocycles. The molecule has 2 aliphatic rings. The molecule has 0 amide bonds. The molecule has 1 unspecified atom stereocenters. The predicted molar refractivity (Wildman–Crippen MR) is 55.6 cm³/mol. The summed E-state index contributed by atoms with van der Waals surface area (Å²) in [6, 6.07) is 0.627. The third-order valence-corrected chi connectivity index (χ3v) is 2.90. The molecule has 15 heavy (non-hydrogen) atoms. The van der Waals surface area contributed by atoms with E-state index in [0.717, 1.165) is 17.8 Å². The summed E-state index contributed by atoms with van der Waals surface area (Å²) in [5, 5.41) is 4.08. The van der Waals surface area contributed by atoms with Crippen molar-refractivity contribution in [1.82, 2.24) is 9.55 Å². The van der Waals surface area contributed by atoms with Crippen molar-refractivity contribution >= 4 is 5.71 Å². The first-order valence-electron chi connectivity index (χ1n) is 5.33. The maximum Gasteiger partial charge on any atom is 0.145 e. The molecule has 80 valence electrons. The lowest BCUT2D eigenvalue weighted by molar-refractivity contribution is 0.0918. The number of aromatic nitrogens is 2. The maximum absolute atomic E-state index is 5.54. The van der Waals surface area contributed by atoms with E-state index in [2.05, 4.69) is 14.7 Å². The van der Waals surface area contributed by atoms with Crippen LogP contribution < -0.4 is 5.73 Å². The number of nitrogens with zero attached hydrogens (tertiary/aromatic N) is 3. The van der Waals surface area contributed by atoms with Crippen LogP contribution in [0.2, 0.25) is 0 Å². The molecule has 5 heteroatoms. The lowest BCUT2D eigenvalue weighted by atomic mass is 10.1. The topological polar surface area (TPSA) is 65.4 Å². The largest absolute Gasteiger partial charge is 0.390 e. The van der Waals surface area contributed by atoms with Gasteiger partial charge < -0.3 is 15.1 Å². The molecule has 0 radical (unpaired) electrons. The zero-order chi connectivity index (χ0) is 10.3. The molecule has 0 bridgehead atoms. The number of oxime groups is 1. The highest BCUT2D eigenvalue weighted by atomic mass is 16.6. The highest BCUT2D eigenvalue weighted by Gasteiger charge is 2.29. The molecular formula is C10H14N4O. The fraction of sp³-hybridized carbons (Fsp3) is 0.600. The normalized spacial score (nSPS) is 25.1. The Bertz CT molecular complexity index is 394. The summed E-state index contributed by atoms with van der Waals surface area (Å²) in [5.74, 6) is 0. The van der Waals surface area contributed by atoms with E-state index in [4.69, 9.17) is 10.6 Å². The van der Waals surface area contributed by atoms with Gasteiger partial charge in [-0.05, 0) is 12.8 Å². The third-order valence-electron chi connectivity index (χ3n) is 2.90. The summed E-state index contributed by atoms with van der Waals surface area (Å²) in [4.78, 5) is 9.39. The molecule has 1 aliphatic carbocycles. The SMILES string of the molecule is NCC1CC(c2cncn2C2CC2)=NO1. The van der Waals surface area contributed by atoms with Gasteiger partial charge >= 0.3 is 0 Å². The Balaban J connectivity index is 1.84. The average Bonchev–Trinajstić information content (AvgIpc) is 2.83. The summed E-state index contributed by atoms with van der Waals surface area (Å²) in [5.41, 5.74) is 7.61. The van der Waals surface area contributed by atoms with Gasteiger partial charge in [0.2, 0.25) is 0 Å². The molecule has 0 spiro atoms. The fourth-order valence-electron chi connectivity index (χ4n) is 1.88. The lowest BCUT2D eigenvalue weighted by Crippen LogP contribution is -2.20.